The number of aromatic nitrogens is 3. The van der Waals surface area contributed by atoms with E-state index < -0.39 is 42.9 Å². The number of nitrogens with zero attached hydrogens (tertiary/aromatic N) is 5. The number of anilines is 1. The zero-order chi connectivity index (χ0) is 26.8. The van der Waals surface area contributed by atoms with Gasteiger partial charge in [-0.2, -0.15) is 0 Å². The number of rotatable bonds is 6. The molecule has 5 rings (SSSR count). The third-order valence-corrected chi connectivity index (χ3v) is 7.13. The molecule has 2 aromatic carbocycles. The molecule has 2 fully saturated rings. The number of halogens is 1. The van der Waals surface area contributed by atoms with Crippen molar-refractivity contribution >= 4 is 11.6 Å². The number of hydrogen-bond acceptors (Lipinski definition) is 9. The zero-order valence-corrected chi connectivity index (χ0v) is 20.8. The summed E-state index contributed by atoms with van der Waals surface area (Å²) in [5.41, 5.74) is 1.83. The van der Waals surface area contributed by atoms with Gasteiger partial charge in [-0.05, 0) is 36.4 Å². The molecule has 202 valence electrons. The van der Waals surface area contributed by atoms with Crippen LogP contribution in [0.1, 0.15) is 6.04 Å². The first-order chi connectivity index (χ1) is 18.4. The molecule has 0 unspecified atom stereocenters. The lowest BCUT2D eigenvalue weighted by molar-refractivity contribution is -0.217. The number of carbonyl (C=O) groups excluding carboxylic acids is 1. The van der Waals surface area contributed by atoms with E-state index in [2.05, 4.69) is 15.2 Å². The van der Waals surface area contributed by atoms with Crippen LogP contribution in [0.3, 0.4) is 0 Å². The highest BCUT2D eigenvalue weighted by Crippen LogP contribution is 2.34. The van der Waals surface area contributed by atoms with Crippen molar-refractivity contribution in [3.63, 3.8) is 0 Å². The van der Waals surface area contributed by atoms with E-state index in [-0.39, 0.29) is 11.7 Å². The summed E-state index contributed by atoms with van der Waals surface area (Å²) < 4.78 is 26.7. The van der Waals surface area contributed by atoms with Gasteiger partial charge in [-0.25, -0.2) is 9.07 Å². The fourth-order valence-corrected chi connectivity index (χ4v) is 5.09. The average Bonchev–Trinajstić information content (AvgIpc) is 3.43. The van der Waals surface area contributed by atoms with Crippen LogP contribution >= 0.6 is 0 Å². The Morgan fingerprint density at radius 2 is 1.89 bits per heavy atom. The summed E-state index contributed by atoms with van der Waals surface area (Å²) in [4.78, 5) is 17.4. The Hall–Kier alpha value is -3.58. The SMILES string of the molecule is CO[C@@H]1[C@@H](n2cc(-c3cccc(F)c3)nn2)[C@@H](O)[C@@H](CO)O[C@H]1C(=O)N1CCN(c2ccc(O)cc2)CC1. The highest BCUT2D eigenvalue weighted by atomic mass is 19.1. The number of piperazine rings is 1. The lowest BCUT2D eigenvalue weighted by atomic mass is 9.91. The second kappa shape index (κ2) is 11.0. The second-order valence-corrected chi connectivity index (χ2v) is 9.38. The number of phenolic OH excluding ortho intramolecular Hbond substituents is 1. The molecule has 2 aliphatic heterocycles. The van der Waals surface area contributed by atoms with Crippen molar-refractivity contribution in [1.29, 1.82) is 0 Å². The minimum atomic E-state index is -1.25. The van der Waals surface area contributed by atoms with Crippen LogP contribution in [0.4, 0.5) is 10.1 Å². The van der Waals surface area contributed by atoms with Gasteiger partial charge in [0, 0.05) is 44.5 Å². The summed E-state index contributed by atoms with van der Waals surface area (Å²) in [7, 11) is 1.42. The van der Waals surface area contributed by atoms with Gasteiger partial charge in [0.1, 0.15) is 41.6 Å². The van der Waals surface area contributed by atoms with E-state index in [1.807, 2.05) is 12.1 Å². The Kier molecular flexibility index (Phi) is 7.56. The van der Waals surface area contributed by atoms with E-state index in [9.17, 15) is 24.5 Å². The molecule has 0 bridgehead atoms. The van der Waals surface area contributed by atoms with Crippen LogP contribution in [0.2, 0.25) is 0 Å². The maximum atomic E-state index is 13.7. The molecule has 2 saturated heterocycles. The standard InChI is InChI=1S/C26H30FN5O6/c1-37-24-22(32-14-20(28-29-32)16-3-2-4-17(27)13-16)23(35)21(15-33)38-25(24)26(36)31-11-9-30(10-12-31)18-5-7-19(34)8-6-18/h2-8,13-14,21-25,33-35H,9-12,15H2,1H3/t21-,22+,23+,24-,25-/m1/s1. The molecule has 38 heavy (non-hydrogen) atoms. The van der Waals surface area contributed by atoms with Crippen LogP contribution in [0.5, 0.6) is 5.75 Å². The summed E-state index contributed by atoms with van der Waals surface area (Å²) in [5, 5.41) is 38.8. The predicted molar refractivity (Wildman–Crippen MR) is 134 cm³/mol. The number of methoxy groups -OCH3 is 1. The molecule has 11 nitrogen and oxygen atoms in total. The number of phenols is 1. The van der Waals surface area contributed by atoms with Gasteiger partial charge in [-0.15, -0.1) is 5.10 Å². The molecule has 12 heteroatoms. The zero-order valence-electron chi connectivity index (χ0n) is 20.8. The van der Waals surface area contributed by atoms with E-state index in [1.165, 1.54) is 23.9 Å². The molecule has 0 saturated carbocycles. The normalized spacial score (nSPS) is 25.9. The number of aromatic hydroxyl groups is 1. The van der Waals surface area contributed by atoms with E-state index in [1.54, 1.807) is 35.4 Å². The molecular formula is C26H30FN5O6. The third kappa shape index (κ3) is 5.07. The number of ether oxygens (including phenoxy) is 2. The molecule has 0 radical (unpaired) electrons. The Bertz CT molecular complexity index is 1250. The quantitative estimate of drug-likeness (QED) is 0.426. The van der Waals surface area contributed by atoms with Gasteiger partial charge in [0.05, 0.1) is 12.8 Å². The van der Waals surface area contributed by atoms with Crippen LogP contribution in [-0.4, -0.2) is 105 Å². The lowest BCUT2D eigenvalue weighted by Crippen LogP contribution is -2.62. The Labute approximate surface area is 218 Å². The highest BCUT2D eigenvalue weighted by Gasteiger charge is 2.50. The van der Waals surface area contributed by atoms with Gasteiger partial charge in [0.15, 0.2) is 6.10 Å². The molecular weight excluding hydrogens is 497 g/mol. The van der Waals surface area contributed by atoms with Crippen molar-refractivity contribution in [3.8, 4) is 17.0 Å². The minimum Gasteiger partial charge on any atom is -0.508 e. The summed E-state index contributed by atoms with van der Waals surface area (Å²) in [6, 6.07) is 11.9. The van der Waals surface area contributed by atoms with Gasteiger partial charge in [-0.3, -0.25) is 4.79 Å². The van der Waals surface area contributed by atoms with Gasteiger partial charge < -0.3 is 34.6 Å². The number of benzene rings is 2. The average molecular weight is 528 g/mol. The molecule has 3 aromatic rings. The molecule has 2 aliphatic rings. The maximum Gasteiger partial charge on any atom is 0.254 e. The third-order valence-electron chi connectivity index (χ3n) is 7.13. The molecule has 5 atom stereocenters. The number of aliphatic hydroxyl groups is 2. The molecule has 1 aromatic heterocycles. The summed E-state index contributed by atoms with van der Waals surface area (Å²) >= 11 is 0. The smallest absolute Gasteiger partial charge is 0.254 e. The Morgan fingerprint density at radius 1 is 1.16 bits per heavy atom. The lowest BCUT2D eigenvalue weighted by Gasteiger charge is -2.45. The van der Waals surface area contributed by atoms with Crippen molar-refractivity contribution < 1.29 is 34.0 Å². The molecule has 3 N–H and O–H groups in total. The van der Waals surface area contributed by atoms with Gasteiger partial charge in [0.2, 0.25) is 0 Å². The fourth-order valence-electron chi connectivity index (χ4n) is 5.09. The molecule has 3 heterocycles. The van der Waals surface area contributed by atoms with Crippen LogP contribution in [-0.2, 0) is 14.3 Å². The number of hydrogen-bond donors (Lipinski definition) is 3. The Morgan fingerprint density at radius 3 is 2.55 bits per heavy atom. The second-order valence-electron chi connectivity index (χ2n) is 9.38. The van der Waals surface area contributed by atoms with Crippen molar-refractivity contribution in [1.82, 2.24) is 19.9 Å². The van der Waals surface area contributed by atoms with E-state index in [0.29, 0.717) is 37.4 Å². The van der Waals surface area contributed by atoms with Gasteiger partial charge in [-0.1, -0.05) is 17.3 Å². The summed E-state index contributed by atoms with van der Waals surface area (Å²) in [6.07, 6.45) is -2.79. The van der Waals surface area contributed by atoms with Gasteiger partial charge in [0.25, 0.3) is 5.91 Å². The fraction of sp³-hybridized carbons (Fsp3) is 0.423. The molecule has 0 aliphatic carbocycles. The number of carbonyl (C=O) groups is 1. The van der Waals surface area contributed by atoms with Crippen molar-refractivity contribution in [3.05, 3.63) is 60.5 Å². The van der Waals surface area contributed by atoms with Crippen molar-refractivity contribution in [2.45, 2.75) is 30.5 Å². The first-order valence-corrected chi connectivity index (χ1v) is 12.4. The monoisotopic (exact) mass is 527 g/mol. The van der Waals surface area contributed by atoms with Crippen molar-refractivity contribution in [2.24, 2.45) is 0 Å². The first kappa shape index (κ1) is 26.0. The maximum absolute atomic E-state index is 13.7. The van der Waals surface area contributed by atoms with E-state index in [4.69, 9.17) is 9.47 Å². The van der Waals surface area contributed by atoms with E-state index in [0.717, 1.165) is 5.69 Å². The van der Waals surface area contributed by atoms with E-state index >= 15 is 0 Å². The minimum absolute atomic E-state index is 0.188. The van der Waals surface area contributed by atoms with Crippen LogP contribution < -0.4 is 4.90 Å². The topological polar surface area (TPSA) is 133 Å². The first-order valence-electron chi connectivity index (χ1n) is 12.4. The predicted octanol–water partition coefficient (Wildman–Crippen LogP) is 0.815. The number of aliphatic hydroxyl groups excluding tert-OH is 2. The molecule has 0 spiro atoms. The summed E-state index contributed by atoms with van der Waals surface area (Å²) in [6.45, 7) is 1.50. The van der Waals surface area contributed by atoms with Crippen LogP contribution in [0, 0.1) is 5.82 Å². The molecule has 1 amide bonds. The highest BCUT2D eigenvalue weighted by molar-refractivity contribution is 5.82. The number of amides is 1. The van der Waals surface area contributed by atoms with Gasteiger partial charge >= 0.3 is 0 Å². The van der Waals surface area contributed by atoms with Crippen molar-refractivity contribution in [2.75, 3.05) is 44.8 Å². The van der Waals surface area contributed by atoms with Crippen LogP contribution in [0.25, 0.3) is 11.3 Å². The largest absolute Gasteiger partial charge is 0.508 e. The summed E-state index contributed by atoms with van der Waals surface area (Å²) in [5.74, 6) is -0.550. The van der Waals surface area contributed by atoms with Crippen LogP contribution in [0.15, 0.2) is 54.7 Å². The Balaban J connectivity index is 1.35.